The topological polar surface area (TPSA) is 24.9 Å². The minimum Gasteiger partial charge on any atom is -0.311 e. The summed E-state index contributed by atoms with van der Waals surface area (Å²) in [4.78, 5) is 3.93. The van der Waals surface area contributed by atoms with E-state index < -0.39 is 6.17 Å². The highest BCUT2D eigenvalue weighted by Gasteiger charge is 2.22. The first-order chi connectivity index (χ1) is 7.36. The van der Waals surface area contributed by atoms with E-state index in [1.807, 2.05) is 12.1 Å². The van der Waals surface area contributed by atoms with Crippen LogP contribution in [0, 0.1) is 0 Å². The Morgan fingerprint density at radius 1 is 1.40 bits per heavy atom. The summed E-state index contributed by atoms with van der Waals surface area (Å²) in [7, 11) is 0. The molecule has 3 heteroatoms. The first-order valence-electron chi connectivity index (χ1n) is 5.62. The molecule has 0 aromatic carbocycles. The third-order valence-electron chi connectivity index (χ3n) is 2.97. The molecule has 0 saturated carbocycles. The van der Waals surface area contributed by atoms with Gasteiger partial charge >= 0.3 is 0 Å². The molecule has 0 spiro atoms. The molecule has 15 heavy (non-hydrogen) atoms. The molecule has 2 atom stereocenters. The van der Waals surface area contributed by atoms with Gasteiger partial charge in [0.2, 0.25) is 0 Å². The third kappa shape index (κ3) is 2.99. The summed E-state index contributed by atoms with van der Waals surface area (Å²) in [6, 6.07) is 3.82. The maximum atomic E-state index is 13.9. The molecule has 0 radical (unpaired) electrons. The zero-order valence-corrected chi connectivity index (χ0v) is 8.82. The number of pyridine rings is 1. The van der Waals surface area contributed by atoms with Crippen molar-refractivity contribution in [2.24, 2.45) is 0 Å². The van der Waals surface area contributed by atoms with Gasteiger partial charge in [-0.2, -0.15) is 0 Å². The average Bonchev–Trinajstić information content (AvgIpc) is 2.31. The van der Waals surface area contributed by atoms with Crippen molar-refractivity contribution < 1.29 is 4.39 Å². The van der Waals surface area contributed by atoms with Crippen LogP contribution in [0.4, 0.5) is 4.39 Å². The molecule has 2 rings (SSSR count). The normalized spacial score (nSPS) is 23.7. The van der Waals surface area contributed by atoms with E-state index in [1.165, 1.54) is 6.42 Å². The van der Waals surface area contributed by atoms with Gasteiger partial charge in [-0.3, -0.25) is 4.98 Å². The van der Waals surface area contributed by atoms with Crippen LogP contribution in [-0.4, -0.2) is 23.7 Å². The zero-order valence-electron chi connectivity index (χ0n) is 8.82. The van der Waals surface area contributed by atoms with Gasteiger partial charge in [-0.05, 0) is 37.1 Å². The minimum absolute atomic E-state index is 0.0481. The number of nitrogens with one attached hydrogen (secondary N) is 1. The number of rotatable bonds is 3. The zero-order chi connectivity index (χ0) is 10.5. The van der Waals surface area contributed by atoms with Gasteiger partial charge in [-0.25, -0.2) is 4.39 Å². The van der Waals surface area contributed by atoms with Crippen molar-refractivity contribution in [2.45, 2.75) is 37.9 Å². The number of aromatic nitrogens is 1. The Hall–Kier alpha value is -0.960. The van der Waals surface area contributed by atoms with Crippen molar-refractivity contribution in [3.8, 4) is 0 Å². The quantitative estimate of drug-likeness (QED) is 0.823. The predicted octanol–water partition coefficient (Wildman–Crippen LogP) is 2.10. The lowest BCUT2D eigenvalue weighted by Gasteiger charge is -2.26. The van der Waals surface area contributed by atoms with Gasteiger partial charge in [0.05, 0.1) is 0 Å². The molecule has 2 heterocycles. The largest absolute Gasteiger partial charge is 0.311 e. The Kier molecular flexibility index (Phi) is 3.67. The van der Waals surface area contributed by atoms with Crippen LogP contribution in [-0.2, 0) is 6.42 Å². The summed E-state index contributed by atoms with van der Waals surface area (Å²) in [5, 5.41) is 3.25. The summed E-state index contributed by atoms with van der Waals surface area (Å²) >= 11 is 0. The molecule has 1 saturated heterocycles. The SMILES string of the molecule is FC(Cc1ccncc1)C1CCCCN1. The molecule has 82 valence electrons. The van der Waals surface area contributed by atoms with Crippen molar-refractivity contribution >= 4 is 0 Å². The Bertz CT molecular complexity index is 283. The Morgan fingerprint density at radius 2 is 2.20 bits per heavy atom. The first-order valence-corrected chi connectivity index (χ1v) is 5.62. The van der Waals surface area contributed by atoms with Gasteiger partial charge in [0.25, 0.3) is 0 Å². The Morgan fingerprint density at radius 3 is 2.87 bits per heavy atom. The molecule has 1 N–H and O–H groups in total. The molecule has 1 aromatic rings. The van der Waals surface area contributed by atoms with Gasteiger partial charge in [0.15, 0.2) is 0 Å². The molecular weight excluding hydrogens is 191 g/mol. The Labute approximate surface area is 89.9 Å². The van der Waals surface area contributed by atoms with Crippen LogP contribution in [0.1, 0.15) is 24.8 Å². The summed E-state index contributed by atoms with van der Waals surface area (Å²) < 4.78 is 13.9. The lowest BCUT2D eigenvalue weighted by atomic mass is 9.97. The van der Waals surface area contributed by atoms with Crippen LogP contribution in [0.25, 0.3) is 0 Å². The van der Waals surface area contributed by atoms with Crippen molar-refractivity contribution in [3.05, 3.63) is 30.1 Å². The van der Waals surface area contributed by atoms with E-state index >= 15 is 0 Å². The van der Waals surface area contributed by atoms with Crippen molar-refractivity contribution in [2.75, 3.05) is 6.54 Å². The van der Waals surface area contributed by atoms with Crippen LogP contribution in [0.5, 0.6) is 0 Å². The third-order valence-corrected chi connectivity index (χ3v) is 2.97. The number of hydrogen-bond donors (Lipinski definition) is 1. The smallest absolute Gasteiger partial charge is 0.119 e. The van der Waals surface area contributed by atoms with Gasteiger partial charge in [0.1, 0.15) is 6.17 Å². The fraction of sp³-hybridized carbons (Fsp3) is 0.583. The summed E-state index contributed by atoms with van der Waals surface area (Å²) in [6.07, 6.45) is 6.46. The molecule has 0 aliphatic carbocycles. The van der Waals surface area contributed by atoms with E-state index in [1.54, 1.807) is 12.4 Å². The molecule has 0 bridgehead atoms. The van der Waals surface area contributed by atoms with Gasteiger partial charge in [-0.1, -0.05) is 6.42 Å². The fourth-order valence-corrected chi connectivity index (χ4v) is 2.07. The van der Waals surface area contributed by atoms with E-state index in [9.17, 15) is 4.39 Å². The van der Waals surface area contributed by atoms with Crippen LogP contribution in [0.3, 0.4) is 0 Å². The van der Waals surface area contributed by atoms with E-state index in [0.29, 0.717) is 6.42 Å². The summed E-state index contributed by atoms with van der Waals surface area (Å²) in [5.41, 5.74) is 1.03. The maximum Gasteiger partial charge on any atom is 0.119 e. The summed E-state index contributed by atoms with van der Waals surface area (Å²) in [5.74, 6) is 0. The van der Waals surface area contributed by atoms with E-state index in [-0.39, 0.29) is 6.04 Å². The molecular formula is C12H17FN2. The van der Waals surface area contributed by atoms with Crippen molar-refractivity contribution in [1.29, 1.82) is 0 Å². The molecule has 1 aliphatic heterocycles. The first kappa shape index (κ1) is 10.6. The number of hydrogen-bond acceptors (Lipinski definition) is 2. The molecule has 0 amide bonds. The second-order valence-corrected chi connectivity index (χ2v) is 4.13. The van der Waals surface area contributed by atoms with E-state index in [2.05, 4.69) is 10.3 Å². The van der Waals surface area contributed by atoms with Crippen LogP contribution in [0.15, 0.2) is 24.5 Å². The molecule has 2 nitrogen and oxygen atoms in total. The van der Waals surface area contributed by atoms with E-state index in [0.717, 1.165) is 24.9 Å². The fourth-order valence-electron chi connectivity index (χ4n) is 2.07. The van der Waals surface area contributed by atoms with E-state index in [4.69, 9.17) is 0 Å². The molecule has 2 unspecified atom stereocenters. The van der Waals surface area contributed by atoms with Crippen molar-refractivity contribution in [1.82, 2.24) is 10.3 Å². The minimum atomic E-state index is -0.771. The van der Waals surface area contributed by atoms with Gasteiger partial charge < -0.3 is 5.32 Å². The average molecular weight is 208 g/mol. The lowest BCUT2D eigenvalue weighted by molar-refractivity contribution is 0.217. The van der Waals surface area contributed by atoms with Crippen LogP contribution >= 0.6 is 0 Å². The van der Waals surface area contributed by atoms with Gasteiger partial charge in [-0.15, -0.1) is 0 Å². The molecule has 1 fully saturated rings. The monoisotopic (exact) mass is 208 g/mol. The van der Waals surface area contributed by atoms with Crippen LogP contribution in [0.2, 0.25) is 0 Å². The molecule has 1 aliphatic rings. The second kappa shape index (κ2) is 5.21. The van der Waals surface area contributed by atoms with Gasteiger partial charge in [0, 0.05) is 24.9 Å². The van der Waals surface area contributed by atoms with Crippen molar-refractivity contribution in [3.63, 3.8) is 0 Å². The Balaban J connectivity index is 1.88. The second-order valence-electron chi connectivity index (χ2n) is 4.13. The lowest BCUT2D eigenvalue weighted by Crippen LogP contribution is -2.42. The number of piperidine rings is 1. The number of alkyl halides is 1. The number of halogens is 1. The highest BCUT2D eigenvalue weighted by Crippen LogP contribution is 2.16. The van der Waals surface area contributed by atoms with Crippen LogP contribution < -0.4 is 5.32 Å². The number of nitrogens with zero attached hydrogens (tertiary/aromatic N) is 1. The maximum absolute atomic E-state index is 13.9. The molecule has 1 aromatic heterocycles. The standard InChI is InChI=1S/C12H17FN2/c13-11(12-3-1-2-6-15-12)9-10-4-7-14-8-5-10/h4-5,7-8,11-12,15H,1-3,6,9H2. The highest BCUT2D eigenvalue weighted by atomic mass is 19.1. The highest BCUT2D eigenvalue weighted by molar-refractivity contribution is 5.11. The summed E-state index contributed by atoms with van der Waals surface area (Å²) in [6.45, 7) is 0.960. The predicted molar refractivity (Wildman–Crippen MR) is 58.5 cm³/mol.